The summed E-state index contributed by atoms with van der Waals surface area (Å²) >= 11 is 0. The maximum Gasteiger partial charge on any atom is 0.353 e. The van der Waals surface area contributed by atoms with Gasteiger partial charge in [-0.25, -0.2) is 9.97 Å². The molecule has 19 heavy (non-hydrogen) atoms. The number of benzene rings is 1. The maximum absolute atomic E-state index is 11.1. The molecule has 0 aliphatic rings. The van der Waals surface area contributed by atoms with Crippen LogP contribution < -0.4 is 10.6 Å². The Bertz CT molecular complexity index is 574. The lowest BCUT2D eigenvalue weighted by Gasteiger charge is -2.08. The van der Waals surface area contributed by atoms with Crippen molar-refractivity contribution in [3.05, 3.63) is 52.3 Å². The first kappa shape index (κ1) is 12.7. The molecule has 0 fully saturated rings. The van der Waals surface area contributed by atoms with E-state index < -0.39 is 4.92 Å². The van der Waals surface area contributed by atoms with Gasteiger partial charge in [0.15, 0.2) is 0 Å². The number of aromatic nitrogens is 2. The van der Waals surface area contributed by atoms with Gasteiger partial charge in [-0.05, 0) is 5.56 Å². The van der Waals surface area contributed by atoms with E-state index >= 15 is 0 Å². The van der Waals surface area contributed by atoms with E-state index in [0.717, 1.165) is 5.56 Å². The Kier molecular flexibility index (Phi) is 3.87. The van der Waals surface area contributed by atoms with Crippen LogP contribution in [0.1, 0.15) is 5.56 Å². The summed E-state index contributed by atoms with van der Waals surface area (Å²) in [5, 5.41) is 16.7. The largest absolute Gasteiger partial charge is 0.367 e. The lowest BCUT2D eigenvalue weighted by molar-refractivity contribution is -0.383. The van der Waals surface area contributed by atoms with E-state index in [1.54, 1.807) is 7.05 Å². The molecule has 2 rings (SSSR count). The SMILES string of the molecule is CNc1ncnc(NCc2ccccc2)c1[N+](=O)[O-]. The van der Waals surface area contributed by atoms with Gasteiger partial charge in [0.1, 0.15) is 6.33 Å². The zero-order valence-corrected chi connectivity index (χ0v) is 10.3. The zero-order chi connectivity index (χ0) is 13.7. The minimum Gasteiger partial charge on any atom is -0.367 e. The molecule has 0 aliphatic heterocycles. The van der Waals surface area contributed by atoms with Crippen LogP contribution in [0.4, 0.5) is 17.3 Å². The highest BCUT2D eigenvalue weighted by atomic mass is 16.6. The second kappa shape index (κ2) is 5.76. The average molecular weight is 259 g/mol. The van der Waals surface area contributed by atoms with Gasteiger partial charge in [-0.3, -0.25) is 10.1 Å². The molecule has 0 unspecified atom stereocenters. The molecule has 1 aromatic carbocycles. The normalized spacial score (nSPS) is 9.95. The van der Waals surface area contributed by atoms with Gasteiger partial charge in [0.2, 0.25) is 11.6 Å². The predicted octanol–water partition coefficient (Wildman–Crippen LogP) is 2.04. The molecular formula is C12H13N5O2. The summed E-state index contributed by atoms with van der Waals surface area (Å²) in [5.74, 6) is 0.392. The molecular weight excluding hydrogens is 246 g/mol. The Morgan fingerprint density at radius 3 is 2.53 bits per heavy atom. The molecule has 1 aromatic heterocycles. The molecule has 1 heterocycles. The number of nitrogens with zero attached hydrogens (tertiary/aromatic N) is 3. The van der Waals surface area contributed by atoms with Crippen LogP contribution in [0, 0.1) is 10.1 Å². The number of anilines is 2. The molecule has 98 valence electrons. The van der Waals surface area contributed by atoms with Crippen molar-refractivity contribution in [2.24, 2.45) is 0 Å². The summed E-state index contributed by atoms with van der Waals surface area (Å²) in [7, 11) is 1.58. The molecule has 0 radical (unpaired) electrons. The van der Waals surface area contributed by atoms with E-state index in [4.69, 9.17) is 0 Å². The molecule has 0 amide bonds. The van der Waals surface area contributed by atoms with E-state index in [2.05, 4.69) is 20.6 Å². The van der Waals surface area contributed by atoms with Gasteiger partial charge in [-0.1, -0.05) is 30.3 Å². The van der Waals surface area contributed by atoms with Crippen molar-refractivity contribution in [1.29, 1.82) is 0 Å². The molecule has 0 aliphatic carbocycles. The van der Waals surface area contributed by atoms with Gasteiger partial charge in [-0.2, -0.15) is 0 Å². The topological polar surface area (TPSA) is 93.0 Å². The van der Waals surface area contributed by atoms with E-state index in [9.17, 15) is 10.1 Å². The molecule has 0 bridgehead atoms. The fourth-order valence-electron chi connectivity index (χ4n) is 1.65. The van der Waals surface area contributed by atoms with Crippen molar-refractivity contribution >= 4 is 17.3 Å². The Balaban J connectivity index is 2.23. The second-order valence-electron chi connectivity index (χ2n) is 3.77. The molecule has 7 nitrogen and oxygen atoms in total. The van der Waals surface area contributed by atoms with Crippen LogP contribution in [-0.2, 0) is 6.54 Å². The van der Waals surface area contributed by atoms with Crippen LogP contribution in [0.25, 0.3) is 0 Å². The van der Waals surface area contributed by atoms with Gasteiger partial charge < -0.3 is 10.6 Å². The summed E-state index contributed by atoms with van der Waals surface area (Å²) < 4.78 is 0. The molecule has 0 saturated heterocycles. The highest BCUT2D eigenvalue weighted by Crippen LogP contribution is 2.28. The Morgan fingerprint density at radius 1 is 1.21 bits per heavy atom. The van der Waals surface area contributed by atoms with E-state index in [1.807, 2.05) is 30.3 Å². The van der Waals surface area contributed by atoms with Crippen molar-refractivity contribution < 1.29 is 4.92 Å². The number of hydrogen-bond donors (Lipinski definition) is 2. The van der Waals surface area contributed by atoms with Gasteiger partial charge in [-0.15, -0.1) is 0 Å². The predicted molar refractivity (Wildman–Crippen MR) is 72.0 cm³/mol. The maximum atomic E-state index is 11.1. The summed E-state index contributed by atoms with van der Waals surface area (Å²) in [5.41, 5.74) is 0.863. The number of nitro groups is 1. The number of rotatable bonds is 5. The first-order valence-electron chi connectivity index (χ1n) is 5.67. The van der Waals surface area contributed by atoms with Crippen LogP contribution in [0.5, 0.6) is 0 Å². The van der Waals surface area contributed by atoms with E-state index in [1.165, 1.54) is 6.33 Å². The van der Waals surface area contributed by atoms with Crippen molar-refractivity contribution in [3.63, 3.8) is 0 Å². The van der Waals surface area contributed by atoms with E-state index in [0.29, 0.717) is 6.54 Å². The minimum atomic E-state index is -0.501. The van der Waals surface area contributed by atoms with Gasteiger partial charge in [0, 0.05) is 13.6 Å². The minimum absolute atomic E-state index is 0.152. The summed E-state index contributed by atoms with van der Waals surface area (Å²) in [6, 6.07) is 9.59. The first-order valence-corrected chi connectivity index (χ1v) is 5.67. The summed E-state index contributed by atoms with van der Waals surface area (Å²) in [4.78, 5) is 18.3. The Morgan fingerprint density at radius 2 is 1.89 bits per heavy atom. The molecule has 2 aromatic rings. The van der Waals surface area contributed by atoms with Crippen LogP contribution in [0.15, 0.2) is 36.7 Å². The average Bonchev–Trinajstić information content (AvgIpc) is 2.45. The van der Waals surface area contributed by atoms with Gasteiger partial charge in [0.25, 0.3) is 0 Å². The summed E-state index contributed by atoms with van der Waals surface area (Å²) in [6.45, 7) is 0.460. The molecule has 0 spiro atoms. The van der Waals surface area contributed by atoms with Crippen molar-refractivity contribution in [1.82, 2.24) is 9.97 Å². The van der Waals surface area contributed by atoms with Crippen LogP contribution >= 0.6 is 0 Å². The highest BCUT2D eigenvalue weighted by Gasteiger charge is 2.21. The molecule has 0 atom stereocenters. The number of nitrogens with one attached hydrogen (secondary N) is 2. The first-order chi connectivity index (χ1) is 9.22. The standard InChI is InChI=1S/C12H13N5O2/c1-13-11-10(17(18)19)12(16-8-15-11)14-7-9-5-3-2-4-6-9/h2-6,8H,7H2,1H3,(H2,13,14,15,16). The lowest BCUT2D eigenvalue weighted by Crippen LogP contribution is -2.08. The molecule has 0 saturated carbocycles. The molecule has 2 N–H and O–H groups in total. The number of hydrogen-bond acceptors (Lipinski definition) is 6. The third-order valence-corrected chi connectivity index (χ3v) is 2.54. The second-order valence-corrected chi connectivity index (χ2v) is 3.77. The fourth-order valence-corrected chi connectivity index (χ4v) is 1.65. The van der Waals surface area contributed by atoms with Crippen LogP contribution in [0.2, 0.25) is 0 Å². The van der Waals surface area contributed by atoms with Crippen molar-refractivity contribution in [2.75, 3.05) is 17.7 Å². The van der Waals surface area contributed by atoms with Crippen molar-refractivity contribution in [2.45, 2.75) is 6.54 Å². The van der Waals surface area contributed by atoms with Crippen LogP contribution in [0.3, 0.4) is 0 Å². The quantitative estimate of drug-likeness (QED) is 0.630. The van der Waals surface area contributed by atoms with Gasteiger partial charge in [0.05, 0.1) is 4.92 Å². The highest BCUT2D eigenvalue weighted by molar-refractivity contribution is 5.68. The fraction of sp³-hybridized carbons (Fsp3) is 0.167. The summed E-state index contributed by atoms with van der Waals surface area (Å²) in [6.07, 6.45) is 1.28. The van der Waals surface area contributed by atoms with Gasteiger partial charge >= 0.3 is 5.69 Å². The van der Waals surface area contributed by atoms with Crippen LogP contribution in [-0.4, -0.2) is 21.9 Å². The zero-order valence-electron chi connectivity index (χ0n) is 10.3. The van der Waals surface area contributed by atoms with E-state index in [-0.39, 0.29) is 17.3 Å². The third kappa shape index (κ3) is 2.95. The Hall–Kier alpha value is -2.70. The third-order valence-electron chi connectivity index (χ3n) is 2.54. The molecule has 7 heteroatoms. The Labute approximate surface area is 109 Å². The van der Waals surface area contributed by atoms with Crippen molar-refractivity contribution in [3.8, 4) is 0 Å². The smallest absolute Gasteiger partial charge is 0.353 e. The monoisotopic (exact) mass is 259 g/mol. The lowest BCUT2D eigenvalue weighted by atomic mass is 10.2.